The van der Waals surface area contributed by atoms with E-state index < -0.39 is 0 Å². The molecule has 104 valence electrons. The Morgan fingerprint density at radius 3 is 2.38 bits per heavy atom. The second kappa shape index (κ2) is 5.85. The molecule has 1 N–H and O–H groups in total. The summed E-state index contributed by atoms with van der Waals surface area (Å²) in [7, 11) is 0. The fourth-order valence-corrected chi connectivity index (χ4v) is 2.28. The van der Waals surface area contributed by atoms with Crippen LogP contribution in [-0.4, -0.2) is 10.5 Å². The van der Waals surface area contributed by atoms with Gasteiger partial charge >= 0.3 is 0 Å². The third-order valence-electron chi connectivity index (χ3n) is 3.13. The average molecular weight is 297 g/mol. The molecule has 21 heavy (non-hydrogen) atoms. The Balaban J connectivity index is 1.95. The topological polar surface area (TPSA) is 34.0 Å². The van der Waals surface area contributed by atoms with Crippen molar-refractivity contribution in [3.05, 3.63) is 83.6 Å². The first-order valence-electron chi connectivity index (χ1n) is 6.53. The van der Waals surface area contributed by atoms with E-state index >= 15 is 0 Å². The van der Waals surface area contributed by atoms with E-state index in [2.05, 4.69) is 5.32 Å². The lowest BCUT2D eigenvalue weighted by Crippen LogP contribution is -2.13. The van der Waals surface area contributed by atoms with E-state index in [0.29, 0.717) is 16.3 Å². The maximum absolute atomic E-state index is 12.3. The normalized spacial score (nSPS) is 10.3. The van der Waals surface area contributed by atoms with Crippen molar-refractivity contribution in [2.24, 2.45) is 0 Å². The van der Waals surface area contributed by atoms with Gasteiger partial charge in [0.1, 0.15) is 0 Å². The van der Waals surface area contributed by atoms with E-state index in [-0.39, 0.29) is 5.91 Å². The Kier molecular flexibility index (Phi) is 3.75. The predicted octanol–water partition coefficient (Wildman–Crippen LogP) is 4.38. The lowest BCUT2D eigenvalue weighted by molar-refractivity contribution is 0.102. The average Bonchev–Trinajstić information content (AvgIpc) is 3.02. The number of hydrogen-bond donors (Lipinski definition) is 1. The molecule has 3 aromatic rings. The van der Waals surface area contributed by atoms with Crippen LogP contribution < -0.4 is 5.32 Å². The van der Waals surface area contributed by atoms with Crippen LogP contribution in [0, 0.1) is 0 Å². The number of nitrogens with one attached hydrogen (secondary N) is 1. The van der Waals surface area contributed by atoms with Crippen LogP contribution in [0.25, 0.3) is 5.69 Å². The largest absolute Gasteiger partial charge is 0.322 e. The van der Waals surface area contributed by atoms with Gasteiger partial charge in [0.15, 0.2) is 0 Å². The zero-order valence-electron chi connectivity index (χ0n) is 11.2. The van der Waals surface area contributed by atoms with Crippen LogP contribution in [0.5, 0.6) is 0 Å². The molecule has 0 bridgehead atoms. The summed E-state index contributed by atoms with van der Waals surface area (Å²) >= 11 is 6.05. The zero-order chi connectivity index (χ0) is 14.7. The third kappa shape index (κ3) is 2.98. The van der Waals surface area contributed by atoms with Crippen LogP contribution in [0.3, 0.4) is 0 Å². The Morgan fingerprint density at radius 1 is 0.952 bits per heavy atom. The van der Waals surface area contributed by atoms with Crippen molar-refractivity contribution in [2.75, 3.05) is 5.32 Å². The monoisotopic (exact) mass is 296 g/mol. The summed E-state index contributed by atoms with van der Waals surface area (Å²) in [6.45, 7) is 0. The Bertz CT molecular complexity index is 752. The number of rotatable bonds is 3. The molecule has 0 fully saturated rings. The first kappa shape index (κ1) is 13.5. The van der Waals surface area contributed by atoms with Crippen LogP contribution >= 0.6 is 11.6 Å². The van der Waals surface area contributed by atoms with Gasteiger partial charge in [-0.3, -0.25) is 4.79 Å². The highest BCUT2D eigenvalue weighted by Gasteiger charge is 2.10. The smallest absolute Gasteiger partial charge is 0.255 e. The maximum Gasteiger partial charge on any atom is 0.255 e. The van der Waals surface area contributed by atoms with Crippen LogP contribution in [0.1, 0.15) is 10.4 Å². The van der Waals surface area contributed by atoms with Crippen molar-refractivity contribution >= 4 is 23.2 Å². The molecule has 4 heteroatoms. The van der Waals surface area contributed by atoms with Crippen molar-refractivity contribution in [1.29, 1.82) is 0 Å². The van der Waals surface area contributed by atoms with E-state index in [0.717, 1.165) is 5.69 Å². The lowest BCUT2D eigenvalue weighted by Gasteiger charge is -2.12. The number of halogens is 1. The summed E-state index contributed by atoms with van der Waals surface area (Å²) in [5.41, 5.74) is 2.15. The van der Waals surface area contributed by atoms with Crippen molar-refractivity contribution in [1.82, 2.24) is 4.57 Å². The van der Waals surface area contributed by atoms with E-state index in [1.165, 1.54) is 0 Å². The van der Waals surface area contributed by atoms with Gasteiger partial charge in [-0.15, -0.1) is 0 Å². The number of anilines is 1. The number of carbonyl (C=O) groups excluding carboxylic acids is 1. The van der Waals surface area contributed by atoms with Crippen molar-refractivity contribution < 1.29 is 4.79 Å². The molecule has 1 amide bonds. The fourth-order valence-electron chi connectivity index (χ4n) is 2.11. The predicted molar refractivity (Wildman–Crippen MR) is 85.2 cm³/mol. The molecule has 3 nitrogen and oxygen atoms in total. The van der Waals surface area contributed by atoms with Gasteiger partial charge in [-0.05, 0) is 42.5 Å². The minimum atomic E-state index is -0.161. The van der Waals surface area contributed by atoms with E-state index in [1.54, 1.807) is 24.3 Å². The molecule has 1 heterocycles. The minimum Gasteiger partial charge on any atom is -0.322 e. The molecular weight excluding hydrogens is 284 g/mol. The first-order valence-corrected chi connectivity index (χ1v) is 6.91. The lowest BCUT2D eigenvalue weighted by atomic mass is 10.2. The molecule has 0 aliphatic carbocycles. The summed E-state index contributed by atoms with van der Waals surface area (Å²) in [6.07, 6.45) is 3.84. The van der Waals surface area contributed by atoms with E-state index in [9.17, 15) is 4.79 Å². The highest BCUT2D eigenvalue weighted by molar-refractivity contribution is 6.31. The van der Waals surface area contributed by atoms with Crippen LogP contribution in [0.4, 0.5) is 5.69 Å². The standard InChI is InChI=1S/C17H13ClN2O/c18-14-8-9-16(20-10-4-5-11-20)15(12-14)19-17(21)13-6-2-1-3-7-13/h1-12H,(H,19,21). The van der Waals surface area contributed by atoms with Gasteiger partial charge in [0.25, 0.3) is 5.91 Å². The summed E-state index contributed by atoms with van der Waals surface area (Å²) in [5, 5.41) is 3.49. The third-order valence-corrected chi connectivity index (χ3v) is 3.36. The molecule has 0 atom stereocenters. The molecule has 1 aromatic heterocycles. The number of aromatic nitrogens is 1. The zero-order valence-corrected chi connectivity index (χ0v) is 11.9. The van der Waals surface area contributed by atoms with E-state index in [1.807, 2.05) is 53.4 Å². The van der Waals surface area contributed by atoms with Gasteiger partial charge < -0.3 is 9.88 Å². The number of amides is 1. The van der Waals surface area contributed by atoms with Crippen LogP contribution in [0.15, 0.2) is 73.1 Å². The summed E-state index contributed by atoms with van der Waals surface area (Å²) < 4.78 is 1.93. The summed E-state index contributed by atoms with van der Waals surface area (Å²) in [5.74, 6) is -0.161. The second-order valence-corrected chi connectivity index (χ2v) is 5.01. The number of carbonyl (C=O) groups is 1. The van der Waals surface area contributed by atoms with Gasteiger partial charge in [-0.25, -0.2) is 0 Å². The molecule has 0 unspecified atom stereocenters. The fraction of sp³-hybridized carbons (Fsp3) is 0. The first-order chi connectivity index (χ1) is 10.2. The highest BCUT2D eigenvalue weighted by Crippen LogP contribution is 2.25. The van der Waals surface area contributed by atoms with Gasteiger partial charge in [0, 0.05) is 23.0 Å². The summed E-state index contributed by atoms with van der Waals surface area (Å²) in [4.78, 5) is 12.3. The van der Waals surface area contributed by atoms with Gasteiger partial charge in [-0.1, -0.05) is 29.8 Å². The molecule has 0 aliphatic rings. The SMILES string of the molecule is O=C(Nc1cc(Cl)ccc1-n1cccc1)c1ccccc1. The highest BCUT2D eigenvalue weighted by atomic mass is 35.5. The minimum absolute atomic E-state index is 0.161. The number of nitrogens with zero attached hydrogens (tertiary/aromatic N) is 1. The van der Waals surface area contributed by atoms with Crippen LogP contribution in [-0.2, 0) is 0 Å². The molecule has 0 radical (unpaired) electrons. The Labute approximate surface area is 127 Å². The molecule has 3 rings (SSSR count). The maximum atomic E-state index is 12.3. The van der Waals surface area contributed by atoms with Crippen molar-refractivity contribution in [3.8, 4) is 5.69 Å². The Hall–Kier alpha value is -2.52. The van der Waals surface area contributed by atoms with Gasteiger partial charge in [-0.2, -0.15) is 0 Å². The molecular formula is C17H13ClN2O. The van der Waals surface area contributed by atoms with Gasteiger partial charge in [0.2, 0.25) is 0 Å². The molecule has 2 aromatic carbocycles. The Morgan fingerprint density at radius 2 is 1.67 bits per heavy atom. The van der Waals surface area contributed by atoms with Gasteiger partial charge in [0.05, 0.1) is 11.4 Å². The number of hydrogen-bond acceptors (Lipinski definition) is 1. The quantitative estimate of drug-likeness (QED) is 0.764. The molecule has 0 aliphatic heterocycles. The summed E-state index contributed by atoms with van der Waals surface area (Å²) in [6, 6.07) is 18.4. The molecule has 0 saturated carbocycles. The number of benzene rings is 2. The van der Waals surface area contributed by atoms with Crippen molar-refractivity contribution in [3.63, 3.8) is 0 Å². The molecule has 0 spiro atoms. The van der Waals surface area contributed by atoms with E-state index in [4.69, 9.17) is 11.6 Å². The second-order valence-electron chi connectivity index (χ2n) is 4.57. The molecule has 0 saturated heterocycles. The van der Waals surface area contributed by atoms with Crippen LogP contribution in [0.2, 0.25) is 5.02 Å². The van der Waals surface area contributed by atoms with Crippen molar-refractivity contribution in [2.45, 2.75) is 0 Å².